The molecule has 1 aliphatic heterocycles. The number of fused-ring (bicyclic) bond motifs is 1. The van der Waals surface area contributed by atoms with E-state index in [1.165, 1.54) is 13.1 Å². The van der Waals surface area contributed by atoms with Crippen molar-refractivity contribution in [3.8, 4) is 0 Å². The molecule has 0 saturated heterocycles. The first-order chi connectivity index (χ1) is 10.5. The number of rotatable bonds is 2. The number of amides is 3. The maximum Gasteiger partial charge on any atom is 0.261 e. The van der Waals surface area contributed by atoms with Crippen molar-refractivity contribution in [1.29, 1.82) is 0 Å². The van der Waals surface area contributed by atoms with Crippen LogP contribution in [0.2, 0.25) is 0 Å². The number of hydrogen-bond acceptors (Lipinski definition) is 4. The Labute approximate surface area is 128 Å². The van der Waals surface area contributed by atoms with E-state index in [4.69, 9.17) is 5.73 Å². The van der Waals surface area contributed by atoms with Crippen molar-refractivity contribution in [2.24, 2.45) is 5.73 Å². The van der Waals surface area contributed by atoms with Gasteiger partial charge in [-0.1, -0.05) is 0 Å². The van der Waals surface area contributed by atoms with Crippen molar-refractivity contribution >= 4 is 17.7 Å². The lowest BCUT2D eigenvalue weighted by atomic mass is 9.91. The van der Waals surface area contributed by atoms with Gasteiger partial charge in [-0.25, -0.2) is 0 Å². The molecule has 0 bridgehead atoms. The minimum atomic E-state index is -0.363. The Morgan fingerprint density at radius 1 is 1.14 bits per heavy atom. The summed E-state index contributed by atoms with van der Waals surface area (Å²) in [5.41, 5.74) is 6.91. The van der Waals surface area contributed by atoms with Crippen molar-refractivity contribution in [2.75, 3.05) is 7.05 Å². The summed E-state index contributed by atoms with van der Waals surface area (Å²) in [6.45, 7) is 0. The maximum atomic E-state index is 12.3. The molecule has 1 aliphatic carbocycles. The largest absolute Gasteiger partial charge is 0.349 e. The molecule has 6 heteroatoms. The molecule has 1 heterocycles. The van der Waals surface area contributed by atoms with Gasteiger partial charge in [-0.05, 0) is 43.9 Å². The van der Waals surface area contributed by atoms with E-state index in [1.54, 1.807) is 12.1 Å². The van der Waals surface area contributed by atoms with Gasteiger partial charge < -0.3 is 11.1 Å². The SMILES string of the molecule is CN1C(=O)c2ccc(C(=O)NC3CCC(N)CC3)cc2C1=O. The summed E-state index contributed by atoms with van der Waals surface area (Å²) in [6, 6.07) is 4.99. The molecule has 1 fully saturated rings. The zero-order valence-electron chi connectivity index (χ0n) is 12.5. The summed E-state index contributed by atoms with van der Waals surface area (Å²) in [7, 11) is 1.44. The van der Waals surface area contributed by atoms with E-state index in [0.29, 0.717) is 16.7 Å². The minimum Gasteiger partial charge on any atom is -0.349 e. The quantitative estimate of drug-likeness (QED) is 0.794. The molecule has 0 spiro atoms. The summed E-state index contributed by atoms with van der Waals surface area (Å²) < 4.78 is 0. The molecule has 116 valence electrons. The zero-order valence-corrected chi connectivity index (χ0v) is 12.5. The standard InChI is InChI=1S/C16H19N3O3/c1-19-15(21)12-7-2-9(8-13(12)16(19)22)14(20)18-11-5-3-10(17)4-6-11/h2,7-8,10-11H,3-6,17H2,1H3,(H,18,20). The van der Waals surface area contributed by atoms with Crippen LogP contribution in [0.15, 0.2) is 18.2 Å². The Balaban J connectivity index is 1.75. The van der Waals surface area contributed by atoms with Gasteiger partial charge in [0.05, 0.1) is 11.1 Å². The predicted octanol–water partition coefficient (Wildman–Crippen LogP) is 0.912. The average molecular weight is 301 g/mol. The fourth-order valence-corrected chi connectivity index (χ4v) is 3.03. The number of imide groups is 1. The molecule has 6 nitrogen and oxygen atoms in total. The Hall–Kier alpha value is -2.21. The van der Waals surface area contributed by atoms with Crippen LogP contribution in [0.3, 0.4) is 0 Å². The zero-order chi connectivity index (χ0) is 15.9. The normalized spacial score (nSPS) is 24.4. The Morgan fingerprint density at radius 3 is 2.45 bits per heavy atom. The van der Waals surface area contributed by atoms with Crippen LogP contribution in [0.1, 0.15) is 56.8 Å². The van der Waals surface area contributed by atoms with E-state index >= 15 is 0 Å². The van der Waals surface area contributed by atoms with Crippen LogP contribution in [0.25, 0.3) is 0 Å². The molecule has 3 amide bonds. The number of carbonyl (C=O) groups excluding carboxylic acids is 3. The number of nitrogens with zero attached hydrogens (tertiary/aromatic N) is 1. The third-order valence-electron chi connectivity index (χ3n) is 4.46. The topological polar surface area (TPSA) is 92.5 Å². The lowest BCUT2D eigenvalue weighted by molar-refractivity contribution is 0.0693. The van der Waals surface area contributed by atoms with E-state index in [2.05, 4.69) is 5.32 Å². The van der Waals surface area contributed by atoms with E-state index in [1.807, 2.05) is 0 Å². The minimum absolute atomic E-state index is 0.126. The van der Waals surface area contributed by atoms with Crippen molar-refractivity contribution < 1.29 is 14.4 Å². The molecular weight excluding hydrogens is 282 g/mol. The van der Waals surface area contributed by atoms with Crippen LogP contribution in [0.4, 0.5) is 0 Å². The number of benzene rings is 1. The van der Waals surface area contributed by atoms with E-state index in [9.17, 15) is 14.4 Å². The van der Waals surface area contributed by atoms with Crippen molar-refractivity contribution in [2.45, 2.75) is 37.8 Å². The second kappa shape index (κ2) is 5.53. The Kier molecular flexibility index (Phi) is 3.70. The molecule has 0 radical (unpaired) electrons. The van der Waals surface area contributed by atoms with Crippen LogP contribution >= 0.6 is 0 Å². The highest BCUT2D eigenvalue weighted by molar-refractivity contribution is 6.21. The summed E-state index contributed by atoms with van der Waals surface area (Å²) >= 11 is 0. The van der Waals surface area contributed by atoms with Crippen molar-refractivity contribution in [3.05, 3.63) is 34.9 Å². The monoisotopic (exact) mass is 301 g/mol. The second-order valence-electron chi connectivity index (χ2n) is 6.01. The highest BCUT2D eigenvalue weighted by atomic mass is 16.2. The van der Waals surface area contributed by atoms with Crippen molar-refractivity contribution in [1.82, 2.24) is 10.2 Å². The van der Waals surface area contributed by atoms with Crippen LogP contribution in [-0.2, 0) is 0 Å². The first-order valence-electron chi connectivity index (χ1n) is 7.50. The second-order valence-corrected chi connectivity index (χ2v) is 6.01. The van der Waals surface area contributed by atoms with Crippen LogP contribution in [0, 0.1) is 0 Å². The fourth-order valence-electron chi connectivity index (χ4n) is 3.03. The van der Waals surface area contributed by atoms with E-state index < -0.39 is 0 Å². The summed E-state index contributed by atoms with van der Waals surface area (Å²) in [4.78, 5) is 37.2. The predicted molar refractivity (Wildman–Crippen MR) is 80.6 cm³/mol. The lowest BCUT2D eigenvalue weighted by Crippen LogP contribution is -2.40. The molecule has 1 aromatic rings. The van der Waals surface area contributed by atoms with Gasteiger partial charge >= 0.3 is 0 Å². The third-order valence-corrected chi connectivity index (χ3v) is 4.46. The highest BCUT2D eigenvalue weighted by Gasteiger charge is 2.33. The molecule has 1 aromatic carbocycles. The summed E-state index contributed by atoms with van der Waals surface area (Å²) in [5.74, 6) is -0.899. The summed E-state index contributed by atoms with van der Waals surface area (Å²) in [5, 5.41) is 2.98. The van der Waals surface area contributed by atoms with E-state index in [0.717, 1.165) is 30.6 Å². The molecule has 3 rings (SSSR count). The third kappa shape index (κ3) is 2.50. The van der Waals surface area contributed by atoms with Crippen LogP contribution < -0.4 is 11.1 Å². The molecule has 3 N–H and O–H groups in total. The number of nitrogens with two attached hydrogens (primary N) is 1. The molecule has 22 heavy (non-hydrogen) atoms. The Morgan fingerprint density at radius 2 is 1.77 bits per heavy atom. The molecule has 2 aliphatic rings. The first kappa shape index (κ1) is 14.7. The molecule has 0 unspecified atom stereocenters. The average Bonchev–Trinajstić information content (AvgIpc) is 2.74. The van der Waals surface area contributed by atoms with Gasteiger partial charge in [0.2, 0.25) is 0 Å². The van der Waals surface area contributed by atoms with Crippen LogP contribution in [-0.4, -0.2) is 41.8 Å². The van der Waals surface area contributed by atoms with Gasteiger partial charge in [0.15, 0.2) is 0 Å². The maximum absolute atomic E-state index is 12.3. The van der Waals surface area contributed by atoms with Gasteiger partial charge in [0.1, 0.15) is 0 Å². The van der Waals surface area contributed by atoms with Gasteiger partial charge in [-0.3, -0.25) is 19.3 Å². The van der Waals surface area contributed by atoms with Gasteiger partial charge in [-0.2, -0.15) is 0 Å². The smallest absolute Gasteiger partial charge is 0.261 e. The Bertz CT molecular complexity index is 648. The summed E-state index contributed by atoms with van der Waals surface area (Å²) in [6.07, 6.45) is 3.57. The first-order valence-corrected chi connectivity index (χ1v) is 7.50. The van der Waals surface area contributed by atoms with Crippen molar-refractivity contribution in [3.63, 3.8) is 0 Å². The van der Waals surface area contributed by atoms with Gasteiger partial charge in [0, 0.05) is 24.7 Å². The number of nitrogens with one attached hydrogen (secondary N) is 1. The van der Waals surface area contributed by atoms with Gasteiger partial charge in [0.25, 0.3) is 17.7 Å². The molecule has 0 atom stereocenters. The number of hydrogen-bond donors (Lipinski definition) is 2. The molecule has 0 aromatic heterocycles. The molecule has 1 saturated carbocycles. The molecular formula is C16H19N3O3. The van der Waals surface area contributed by atoms with E-state index in [-0.39, 0.29) is 29.8 Å². The van der Waals surface area contributed by atoms with Gasteiger partial charge in [-0.15, -0.1) is 0 Å². The highest BCUT2D eigenvalue weighted by Crippen LogP contribution is 2.23. The lowest BCUT2D eigenvalue weighted by Gasteiger charge is -2.26. The number of carbonyl (C=O) groups is 3. The van der Waals surface area contributed by atoms with Crippen LogP contribution in [0.5, 0.6) is 0 Å². The fraction of sp³-hybridized carbons (Fsp3) is 0.438.